The van der Waals surface area contributed by atoms with Gasteiger partial charge in [0, 0.05) is 0 Å². The molecule has 0 radical (unpaired) electrons. The quantitative estimate of drug-likeness (QED) is 0.504. The van der Waals surface area contributed by atoms with E-state index in [0.717, 1.165) is 11.1 Å². The number of halogens is 1. The third kappa shape index (κ3) is 8.44. The Bertz CT molecular complexity index is 308. The molecule has 0 aliphatic carbocycles. The first-order chi connectivity index (χ1) is 6.79. The zero-order valence-electron chi connectivity index (χ0n) is 8.91. The van der Waals surface area contributed by atoms with E-state index in [1.807, 2.05) is 60.7 Å². The molecule has 0 nitrogen and oxygen atoms in total. The minimum absolute atomic E-state index is 0. The Morgan fingerprint density at radius 3 is 0.938 bits per heavy atom. The summed E-state index contributed by atoms with van der Waals surface area (Å²) in [6.07, 6.45) is 0. The van der Waals surface area contributed by atoms with Crippen molar-refractivity contribution in [3.8, 4) is 0 Å². The van der Waals surface area contributed by atoms with Gasteiger partial charge in [-0.3, -0.25) is 0 Å². The summed E-state index contributed by atoms with van der Waals surface area (Å²) in [5.74, 6) is 0. The van der Waals surface area contributed by atoms with Crippen molar-refractivity contribution in [1.82, 2.24) is 0 Å². The predicted molar refractivity (Wildman–Crippen MR) is 69.1 cm³/mol. The molecule has 0 atom stereocenters. The van der Waals surface area contributed by atoms with Crippen LogP contribution >= 0.6 is 12.4 Å². The first kappa shape index (κ1) is 17.5. The summed E-state index contributed by atoms with van der Waals surface area (Å²) in [7, 11) is 0. The van der Waals surface area contributed by atoms with Gasteiger partial charge in [0.25, 0.3) is 0 Å². The SMILES string of the molecule is Cl.[CH2-]c1ccccc1.[CH2-]c1ccccc1.[Pd+2]. The molecule has 0 bridgehead atoms. The number of rotatable bonds is 0. The van der Waals surface area contributed by atoms with Gasteiger partial charge < -0.3 is 0 Å². The van der Waals surface area contributed by atoms with E-state index in [-0.39, 0.29) is 32.8 Å². The van der Waals surface area contributed by atoms with Gasteiger partial charge in [-0.25, -0.2) is 0 Å². The molecule has 0 unspecified atom stereocenters. The first-order valence-electron chi connectivity index (χ1n) is 4.53. The molecule has 2 aromatic carbocycles. The Labute approximate surface area is 118 Å². The molecule has 2 rings (SSSR count). The molecule has 2 heteroatoms. The van der Waals surface area contributed by atoms with Crippen molar-refractivity contribution in [3.05, 3.63) is 85.6 Å². The number of hydrogen-bond donors (Lipinski definition) is 0. The van der Waals surface area contributed by atoms with Crippen LogP contribution in [0.2, 0.25) is 0 Å². The molecule has 0 aliphatic heterocycles. The molecule has 0 saturated carbocycles. The molecular weight excluding hydrogens is 310 g/mol. The van der Waals surface area contributed by atoms with Crippen LogP contribution < -0.4 is 0 Å². The molecular formula is C14H15ClPd. The van der Waals surface area contributed by atoms with E-state index in [9.17, 15) is 0 Å². The van der Waals surface area contributed by atoms with Crippen LogP contribution in [-0.2, 0) is 20.4 Å². The van der Waals surface area contributed by atoms with Crippen LogP contribution in [0.4, 0.5) is 0 Å². The summed E-state index contributed by atoms with van der Waals surface area (Å²) >= 11 is 0. The third-order valence-electron chi connectivity index (χ3n) is 1.69. The molecule has 0 aliphatic rings. The summed E-state index contributed by atoms with van der Waals surface area (Å²) in [6.45, 7) is 7.44. The van der Waals surface area contributed by atoms with Gasteiger partial charge in [0.2, 0.25) is 0 Å². The van der Waals surface area contributed by atoms with Gasteiger partial charge in [-0.05, 0) is 0 Å². The van der Waals surface area contributed by atoms with Crippen LogP contribution in [0.25, 0.3) is 0 Å². The van der Waals surface area contributed by atoms with Crippen molar-refractivity contribution < 1.29 is 20.4 Å². The van der Waals surface area contributed by atoms with Gasteiger partial charge >= 0.3 is 20.4 Å². The van der Waals surface area contributed by atoms with Crippen molar-refractivity contribution in [1.29, 1.82) is 0 Å². The van der Waals surface area contributed by atoms with E-state index in [0.29, 0.717) is 0 Å². The van der Waals surface area contributed by atoms with Crippen LogP contribution in [0, 0.1) is 13.8 Å². The summed E-state index contributed by atoms with van der Waals surface area (Å²) in [5, 5.41) is 0. The van der Waals surface area contributed by atoms with Crippen molar-refractivity contribution in [2.45, 2.75) is 0 Å². The summed E-state index contributed by atoms with van der Waals surface area (Å²) < 4.78 is 0. The third-order valence-corrected chi connectivity index (χ3v) is 1.69. The Balaban J connectivity index is 0. The van der Waals surface area contributed by atoms with Gasteiger partial charge in [0.05, 0.1) is 0 Å². The van der Waals surface area contributed by atoms with Crippen LogP contribution in [0.5, 0.6) is 0 Å². The Kier molecular flexibility index (Phi) is 11.7. The number of benzene rings is 2. The summed E-state index contributed by atoms with van der Waals surface area (Å²) in [4.78, 5) is 0. The number of hydrogen-bond acceptors (Lipinski definition) is 0. The largest absolute Gasteiger partial charge is 2.00 e. The Hall–Kier alpha value is -0.868. The molecule has 0 fully saturated rings. The molecule has 16 heavy (non-hydrogen) atoms. The predicted octanol–water partition coefficient (Wildman–Crippen LogP) is 4.16. The van der Waals surface area contributed by atoms with Crippen LogP contribution in [-0.4, -0.2) is 0 Å². The minimum atomic E-state index is 0. The van der Waals surface area contributed by atoms with Crippen LogP contribution in [0.3, 0.4) is 0 Å². The zero-order valence-corrected chi connectivity index (χ0v) is 11.3. The monoisotopic (exact) mass is 324 g/mol. The molecule has 0 N–H and O–H groups in total. The maximum Gasteiger partial charge on any atom is 2.00 e. The average molecular weight is 325 g/mol. The maximum atomic E-state index is 3.72. The molecule has 0 spiro atoms. The topological polar surface area (TPSA) is 0 Å². The van der Waals surface area contributed by atoms with E-state index in [1.165, 1.54) is 0 Å². The van der Waals surface area contributed by atoms with Crippen LogP contribution in [0.15, 0.2) is 60.7 Å². The Morgan fingerprint density at radius 2 is 0.812 bits per heavy atom. The van der Waals surface area contributed by atoms with Crippen molar-refractivity contribution >= 4 is 12.4 Å². The smallest absolute Gasteiger partial charge is 0.199 e. The molecule has 0 heterocycles. The average Bonchev–Trinajstić information content (AvgIpc) is 2.21. The van der Waals surface area contributed by atoms with Gasteiger partial charge in [-0.15, -0.1) is 36.7 Å². The van der Waals surface area contributed by atoms with Crippen molar-refractivity contribution in [2.75, 3.05) is 0 Å². The maximum absolute atomic E-state index is 3.72. The van der Waals surface area contributed by atoms with E-state index >= 15 is 0 Å². The molecule has 2 aromatic rings. The zero-order chi connectivity index (χ0) is 10.2. The van der Waals surface area contributed by atoms with E-state index < -0.39 is 0 Å². The fourth-order valence-corrected chi connectivity index (χ4v) is 0.956. The molecule has 0 aromatic heterocycles. The van der Waals surface area contributed by atoms with Gasteiger partial charge in [0.15, 0.2) is 0 Å². The second-order valence-electron chi connectivity index (χ2n) is 2.97. The molecule has 0 saturated heterocycles. The van der Waals surface area contributed by atoms with Crippen molar-refractivity contribution in [2.24, 2.45) is 0 Å². The van der Waals surface area contributed by atoms with Crippen molar-refractivity contribution in [3.63, 3.8) is 0 Å². The van der Waals surface area contributed by atoms with E-state index in [2.05, 4.69) is 13.8 Å². The second-order valence-corrected chi connectivity index (χ2v) is 2.97. The minimum Gasteiger partial charge on any atom is -0.199 e. The summed E-state index contributed by atoms with van der Waals surface area (Å²) in [5.41, 5.74) is 2.14. The normalized spacial score (nSPS) is 7.50. The van der Waals surface area contributed by atoms with Crippen LogP contribution in [0.1, 0.15) is 11.1 Å². The van der Waals surface area contributed by atoms with Gasteiger partial charge in [-0.1, -0.05) is 12.1 Å². The fraction of sp³-hybridized carbons (Fsp3) is 0. The van der Waals surface area contributed by atoms with E-state index in [1.54, 1.807) is 0 Å². The molecule has 0 amide bonds. The van der Waals surface area contributed by atoms with Gasteiger partial charge in [-0.2, -0.15) is 49.2 Å². The first-order valence-corrected chi connectivity index (χ1v) is 4.53. The fourth-order valence-electron chi connectivity index (χ4n) is 0.956. The van der Waals surface area contributed by atoms with E-state index in [4.69, 9.17) is 0 Å². The Morgan fingerprint density at radius 1 is 0.562 bits per heavy atom. The second kappa shape index (κ2) is 10.6. The summed E-state index contributed by atoms with van der Waals surface area (Å²) in [6, 6.07) is 19.7. The standard InChI is InChI=1S/2C7H7.ClH.Pd/c2*1-7-5-3-2-4-6-7;;/h2*2-6H,1H2;1H;/q2*-1;;+2. The van der Waals surface area contributed by atoms with Gasteiger partial charge in [0.1, 0.15) is 0 Å². The molecule has 88 valence electrons.